The van der Waals surface area contributed by atoms with Gasteiger partial charge in [0.25, 0.3) is 0 Å². The Hall–Kier alpha value is -1.73. The van der Waals surface area contributed by atoms with Gasteiger partial charge in [-0.25, -0.2) is 4.79 Å². The molecule has 4 nitrogen and oxygen atoms in total. The molecule has 0 aliphatic rings. The number of anilines is 1. The highest BCUT2D eigenvalue weighted by molar-refractivity contribution is 6.18. The molecular formula is C10H10ClN3O. The topological polar surface area (TPSA) is 64.9 Å². The molecule has 78 valence electrons. The van der Waals surface area contributed by atoms with Crippen LogP contribution in [0.5, 0.6) is 0 Å². The lowest BCUT2D eigenvalue weighted by Crippen LogP contribution is -2.30. The Morgan fingerprint density at radius 3 is 2.87 bits per heavy atom. The third-order valence-corrected chi connectivity index (χ3v) is 1.86. The fourth-order valence-corrected chi connectivity index (χ4v) is 1.11. The Kier molecular flexibility index (Phi) is 4.45. The maximum absolute atomic E-state index is 11.2. The minimum atomic E-state index is -0.363. The molecule has 1 rings (SSSR count). The van der Waals surface area contributed by atoms with Crippen LogP contribution in [0.15, 0.2) is 24.3 Å². The lowest BCUT2D eigenvalue weighted by Gasteiger charge is -2.07. The number of amides is 2. The van der Waals surface area contributed by atoms with Crippen molar-refractivity contribution in [1.29, 1.82) is 5.26 Å². The lowest BCUT2D eigenvalue weighted by molar-refractivity contribution is 0.252. The summed E-state index contributed by atoms with van der Waals surface area (Å²) >= 11 is 5.41. The first-order chi connectivity index (χ1) is 7.27. The fourth-order valence-electron chi connectivity index (χ4n) is 1.02. The molecule has 0 aliphatic heterocycles. The molecule has 2 N–H and O–H groups in total. The van der Waals surface area contributed by atoms with Gasteiger partial charge in [-0.3, -0.25) is 0 Å². The summed E-state index contributed by atoms with van der Waals surface area (Å²) < 4.78 is 0. The number of urea groups is 1. The van der Waals surface area contributed by atoms with Crippen molar-refractivity contribution >= 4 is 23.3 Å². The van der Waals surface area contributed by atoms with E-state index in [1.54, 1.807) is 24.3 Å². The highest BCUT2D eigenvalue weighted by Crippen LogP contribution is 2.12. The summed E-state index contributed by atoms with van der Waals surface area (Å²) in [5, 5.41) is 13.9. The average molecular weight is 224 g/mol. The van der Waals surface area contributed by atoms with Crippen molar-refractivity contribution in [1.82, 2.24) is 5.32 Å². The monoisotopic (exact) mass is 223 g/mol. The minimum absolute atomic E-state index is 0.354. The molecule has 0 aromatic heterocycles. The van der Waals surface area contributed by atoms with Crippen molar-refractivity contribution in [2.24, 2.45) is 0 Å². The molecule has 1 aromatic rings. The lowest BCUT2D eigenvalue weighted by atomic mass is 10.2. The van der Waals surface area contributed by atoms with E-state index in [1.165, 1.54) is 0 Å². The van der Waals surface area contributed by atoms with Crippen LogP contribution in [0.1, 0.15) is 5.56 Å². The smallest absolute Gasteiger partial charge is 0.319 e. The molecule has 0 bridgehead atoms. The zero-order chi connectivity index (χ0) is 11.1. The number of hydrogen-bond donors (Lipinski definition) is 2. The Balaban J connectivity index is 2.64. The molecule has 0 atom stereocenters. The molecule has 0 saturated heterocycles. The van der Waals surface area contributed by atoms with Crippen LogP contribution in [0.2, 0.25) is 0 Å². The normalized spacial score (nSPS) is 9.07. The summed E-state index contributed by atoms with van der Waals surface area (Å²) in [6.07, 6.45) is 0. The number of alkyl halides is 1. The van der Waals surface area contributed by atoms with E-state index >= 15 is 0 Å². The van der Waals surface area contributed by atoms with Gasteiger partial charge in [0, 0.05) is 12.4 Å². The van der Waals surface area contributed by atoms with E-state index in [9.17, 15) is 4.79 Å². The maximum atomic E-state index is 11.2. The van der Waals surface area contributed by atoms with Gasteiger partial charge in [0.15, 0.2) is 0 Å². The van der Waals surface area contributed by atoms with E-state index in [0.29, 0.717) is 23.7 Å². The Labute approximate surface area is 92.8 Å². The van der Waals surface area contributed by atoms with E-state index in [1.807, 2.05) is 6.07 Å². The van der Waals surface area contributed by atoms with E-state index < -0.39 is 0 Å². The summed E-state index contributed by atoms with van der Waals surface area (Å²) in [4.78, 5) is 11.2. The number of rotatable bonds is 3. The molecule has 0 heterocycles. The molecule has 0 spiro atoms. The Morgan fingerprint density at radius 1 is 1.47 bits per heavy atom. The van der Waals surface area contributed by atoms with Crippen LogP contribution >= 0.6 is 11.6 Å². The maximum Gasteiger partial charge on any atom is 0.319 e. The molecule has 0 radical (unpaired) electrons. The van der Waals surface area contributed by atoms with E-state index in [-0.39, 0.29) is 6.03 Å². The largest absolute Gasteiger partial charge is 0.337 e. The summed E-state index contributed by atoms with van der Waals surface area (Å²) in [5.74, 6) is 0.354. The summed E-state index contributed by atoms with van der Waals surface area (Å²) in [5.41, 5.74) is 0.922. The van der Waals surface area contributed by atoms with Crippen molar-refractivity contribution in [3.8, 4) is 6.07 Å². The molecule has 0 saturated carbocycles. The molecule has 5 heteroatoms. The Bertz CT molecular complexity index is 386. The molecule has 0 unspecified atom stereocenters. The zero-order valence-corrected chi connectivity index (χ0v) is 8.71. The zero-order valence-electron chi connectivity index (χ0n) is 7.96. The number of carbonyl (C=O) groups excluding carboxylic acids is 1. The van der Waals surface area contributed by atoms with Gasteiger partial charge in [-0.2, -0.15) is 5.26 Å². The predicted molar refractivity (Wildman–Crippen MR) is 58.9 cm³/mol. The standard InChI is InChI=1S/C10H10ClN3O/c11-5-6-13-10(15)14-9-4-2-1-3-8(9)7-12/h1-4H,5-6H2,(H2,13,14,15). The number of halogens is 1. The summed E-state index contributed by atoms with van der Waals surface area (Å²) in [7, 11) is 0. The molecule has 0 fully saturated rings. The first kappa shape index (κ1) is 11.3. The van der Waals surface area contributed by atoms with Gasteiger partial charge in [0.2, 0.25) is 0 Å². The van der Waals surface area contributed by atoms with Crippen LogP contribution in [0.3, 0.4) is 0 Å². The van der Waals surface area contributed by atoms with Gasteiger partial charge in [0.1, 0.15) is 6.07 Å². The number of nitrogens with zero attached hydrogens (tertiary/aromatic N) is 1. The number of nitriles is 1. The first-order valence-electron chi connectivity index (χ1n) is 4.38. The highest BCUT2D eigenvalue weighted by Gasteiger charge is 2.04. The van der Waals surface area contributed by atoms with Crippen molar-refractivity contribution in [2.45, 2.75) is 0 Å². The second-order valence-electron chi connectivity index (χ2n) is 2.73. The third-order valence-electron chi connectivity index (χ3n) is 1.68. The second kappa shape index (κ2) is 5.89. The van der Waals surface area contributed by atoms with Crippen LogP contribution in [0.4, 0.5) is 10.5 Å². The molecular weight excluding hydrogens is 214 g/mol. The van der Waals surface area contributed by atoms with Crippen LogP contribution in [0, 0.1) is 11.3 Å². The van der Waals surface area contributed by atoms with Crippen molar-refractivity contribution in [2.75, 3.05) is 17.7 Å². The van der Waals surface area contributed by atoms with Crippen molar-refractivity contribution in [3.05, 3.63) is 29.8 Å². The van der Waals surface area contributed by atoms with Gasteiger partial charge in [-0.15, -0.1) is 11.6 Å². The van der Waals surface area contributed by atoms with Gasteiger partial charge in [-0.05, 0) is 12.1 Å². The van der Waals surface area contributed by atoms with Crippen LogP contribution in [-0.4, -0.2) is 18.5 Å². The summed E-state index contributed by atoms with van der Waals surface area (Å²) in [6, 6.07) is 8.41. The van der Waals surface area contributed by atoms with Gasteiger partial charge in [-0.1, -0.05) is 12.1 Å². The number of carbonyl (C=O) groups is 1. The van der Waals surface area contributed by atoms with Gasteiger partial charge in [0.05, 0.1) is 11.3 Å². The van der Waals surface area contributed by atoms with E-state index in [0.717, 1.165) is 0 Å². The molecule has 2 amide bonds. The number of hydrogen-bond acceptors (Lipinski definition) is 2. The fraction of sp³-hybridized carbons (Fsp3) is 0.200. The molecule has 0 aliphatic carbocycles. The third kappa shape index (κ3) is 3.49. The van der Waals surface area contributed by atoms with Crippen molar-refractivity contribution < 1.29 is 4.79 Å². The molecule has 15 heavy (non-hydrogen) atoms. The van der Waals surface area contributed by atoms with Crippen LogP contribution in [-0.2, 0) is 0 Å². The quantitative estimate of drug-likeness (QED) is 0.769. The first-order valence-corrected chi connectivity index (χ1v) is 4.91. The number of nitrogens with one attached hydrogen (secondary N) is 2. The highest BCUT2D eigenvalue weighted by atomic mass is 35.5. The second-order valence-corrected chi connectivity index (χ2v) is 3.11. The SMILES string of the molecule is N#Cc1ccccc1NC(=O)NCCCl. The molecule has 1 aromatic carbocycles. The van der Waals surface area contributed by atoms with Gasteiger partial charge < -0.3 is 10.6 Å². The van der Waals surface area contributed by atoms with Gasteiger partial charge >= 0.3 is 6.03 Å². The Morgan fingerprint density at radius 2 is 2.20 bits per heavy atom. The van der Waals surface area contributed by atoms with Crippen molar-refractivity contribution in [3.63, 3.8) is 0 Å². The predicted octanol–water partition coefficient (Wildman–Crippen LogP) is 1.92. The van der Waals surface area contributed by atoms with Crippen LogP contribution < -0.4 is 10.6 Å². The minimum Gasteiger partial charge on any atom is -0.337 e. The number of para-hydroxylation sites is 1. The number of benzene rings is 1. The average Bonchev–Trinajstić information content (AvgIpc) is 2.27. The van der Waals surface area contributed by atoms with Crippen LogP contribution in [0.25, 0.3) is 0 Å². The van der Waals surface area contributed by atoms with E-state index in [4.69, 9.17) is 16.9 Å². The van der Waals surface area contributed by atoms with E-state index in [2.05, 4.69) is 10.6 Å². The summed E-state index contributed by atoms with van der Waals surface area (Å²) in [6.45, 7) is 0.391.